The quantitative estimate of drug-likeness (QED) is 0.896. The van der Waals surface area contributed by atoms with Crippen molar-refractivity contribution in [3.8, 4) is 6.07 Å². The number of anilines is 1. The molecule has 0 atom stereocenters. The molecule has 2 rings (SSSR count). The maximum Gasteiger partial charge on any atom is 0.433 e. The number of hydrogen-bond donors (Lipinski definition) is 2. The Kier molecular flexibility index (Phi) is 4.54. The van der Waals surface area contributed by atoms with E-state index in [0.717, 1.165) is 12.1 Å². The van der Waals surface area contributed by atoms with Crippen LogP contribution in [0, 0.1) is 17.2 Å². The Morgan fingerprint density at radius 3 is 2.45 bits per heavy atom. The summed E-state index contributed by atoms with van der Waals surface area (Å²) in [5, 5.41) is 20.7. The van der Waals surface area contributed by atoms with Gasteiger partial charge in [0, 0.05) is 6.04 Å². The Morgan fingerprint density at radius 1 is 1.32 bits per heavy atom. The molecule has 22 heavy (non-hydrogen) atoms. The molecule has 0 unspecified atom stereocenters. The number of nitriles is 1. The summed E-state index contributed by atoms with van der Waals surface area (Å²) in [5.41, 5.74) is -1.03. The maximum atomic E-state index is 12.7. The highest BCUT2D eigenvalue weighted by atomic mass is 19.4. The molecule has 0 spiro atoms. The zero-order valence-electron chi connectivity index (χ0n) is 11.5. The number of rotatable bonds is 3. The van der Waals surface area contributed by atoms with Gasteiger partial charge in [-0.15, -0.1) is 0 Å². The molecule has 1 saturated carbocycles. The average molecular weight is 313 g/mol. The van der Waals surface area contributed by atoms with E-state index in [1.807, 2.05) is 0 Å². The van der Waals surface area contributed by atoms with E-state index in [0.29, 0.717) is 25.7 Å². The van der Waals surface area contributed by atoms with Crippen molar-refractivity contribution in [1.29, 1.82) is 5.26 Å². The van der Waals surface area contributed by atoms with Crippen LogP contribution in [0.3, 0.4) is 0 Å². The van der Waals surface area contributed by atoms with Gasteiger partial charge < -0.3 is 10.4 Å². The Labute approximate surface area is 124 Å². The summed E-state index contributed by atoms with van der Waals surface area (Å²) in [7, 11) is 0. The zero-order chi connectivity index (χ0) is 16.3. The first-order chi connectivity index (χ1) is 10.3. The van der Waals surface area contributed by atoms with E-state index >= 15 is 0 Å². The average Bonchev–Trinajstić information content (AvgIpc) is 2.46. The number of nitrogens with zero attached hydrogens (tertiary/aromatic N) is 2. The van der Waals surface area contributed by atoms with Crippen molar-refractivity contribution in [2.75, 3.05) is 5.32 Å². The molecule has 0 aliphatic heterocycles. The van der Waals surface area contributed by atoms with Gasteiger partial charge in [-0.3, -0.25) is 4.79 Å². The summed E-state index contributed by atoms with van der Waals surface area (Å²) in [6, 6.07) is 3.48. The van der Waals surface area contributed by atoms with Crippen molar-refractivity contribution in [3.63, 3.8) is 0 Å². The van der Waals surface area contributed by atoms with Crippen LogP contribution in [0.4, 0.5) is 19.0 Å². The molecule has 1 heterocycles. The van der Waals surface area contributed by atoms with E-state index in [-0.39, 0.29) is 17.4 Å². The number of aliphatic carboxylic acids is 1. The third-order valence-electron chi connectivity index (χ3n) is 3.72. The van der Waals surface area contributed by atoms with Gasteiger partial charge in [0.05, 0.1) is 11.5 Å². The number of halogens is 3. The molecular formula is C14H14F3N3O2. The fourth-order valence-corrected chi connectivity index (χ4v) is 2.50. The maximum absolute atomic E-state index is 12.7. The van der Waals surface area contributed by atoms with Crippen molar-refractivity contribution in [2.45, 2.75) is 37.9 Å². The summed E-state index contributed by atoms with van der Waals surface area (Å²) in [4.78, 5) is 14.4. The number of nitrogens with one attached hydrogen (secondary N) is 1. The molecule has 5 nitrogen and oxygen atoms in total. The summed E-state index contributed by atoms with van der Waals surface area (Å²) >= 11 is 0. The lowest BCUT2D eigenvalue weighted by atomic mass is 9.86. The van der Waals surface area contributed by atoms with Crippen molar-refractivity contribution in [1.82, 2.24) is 4.98 Å². The molecule has 0 saturated heterocycles. The molecule has 8 heteroatoms. The van der Waals surface area contributed by atoms with Crippen molar-refractivity contribution in [3.05, 3.63) is 23.4 Å². The highest BCUT2D eigenvalue weighted by molar-refractivity contribution is 5.70. The minimum atomic E-state index is -4.58. The predicted octanol–water partition coefficient (Wildman–Crippen LogP) is 3.03. The second-order valence-corrected chi connectivity index (χ2v) is 5.23. The third-order valence-corrected chi connectivity index (χ3v) is 3.72. The van der Waals surface area contributed by atoms with Gasteiger partial charge in [0.1, 0.15) is 17.6 Å². The first-order valence-corrected chi connectivity index (χ1v) is 6.79. The van der Waals surface area contributed by atoms with Crippen molar-refractivity contribution >= 4 is 11.8 Å². The third kappa shape index (κ3) is 3.67. The number of pyridine rings is 1. The molecule has 2 N–H and O–H groups in total. The van der Waals surface area contributed by atoms with Gasteiger partial charge in [-0.05, 0) is 37.8 Å². The van der Waals surface area contributed by atoms with Crippen LogP contribution in [-0.4, -0.2) is 22.1 Å². The Balaban J connectivity index is 2.12. The van der Waals surface area contributed by atoms with Gasteiger partial charge >= 0.3 is 12.1 Å². The molecule has 0 bridgehead atoms. The number of carbonyl (C=O) groups is 1. The number of carboxylic acids is 1. The second-order valence-electron chi connectivity index (χ2n) is 5.23. The largest absolute Gasteiger partial charge is 0.481 e. The summed E-state index contributed by atoms with van der Waals surface area (Å²) in [6.07, 6.45) is -2.65. The molecule has 118 valence electrons. The van der Waals surface area contributed by atoms with Crippen LogP contribution < -0.4 is 5.32 Å². The second kappa shape index (κ2) is 6.22. The van der Waals surface area contributed by atoms with E-state index in [4.69, 9.17) is 10.4 Å². The monoisotopic (exact) mass is 313 g/mol. The van der Waals surface area contributed by atoms with Gasteiger partial charge in [-0.2, -0.15) is 18.4 Å². The topological polar surface area (TPSA) is 86.0 Å². The van der Waals surface area contributed by atoms with E-state index in [2.05, 4.69) is 10.3 Å². The highest BCUT2D eigenvalue weighted by Crippen LogP contribution is 2.31. The minimum Gasteiger partial charge on any atom is -0.481 e. The van der Waals surface area contributed by atoms with Crippen LogP contribution in [-0.2, 0) is 11.0 Å². The lowest BCUT2D eigenvalue weighted by Crippen LogP contribution is -2.30. The number of alkyl halides is 3. The van der Waals surface area contributed by atoms with Crippen molar-refractivity contribution in [2.24, 2.45) is 5.92 Å². The predicted molar refractivity (Wildman–Crippen MR) is 71.0 cm³/mol. The molecule has 0 aromatic carbocycles. The minimum absolute atomic E-state index is 0.0355. The van der Waals surface area contributed by atoms with Crippen LogP contribution in [0.25, 0.3) is 0 Å². The van der Waals surface area contributed by atoms with Crippen LogP contribution in [0.1, 0.15) is 36.9 Å². The first-order valence-electron chi connectivity index (χ1n) is 6.79. The lowest BCUT2D eigenvalue weighted by molar-refractivity contribution is -0.143. The molecular weight excluding hydrogens is 299 g/mol. The molecule has 0 radical (unpaired) electrons. The van der Waals surface area contributed by atoms with Gasteiger partial charge in [-0.1, -0.05) is 0 Å². The zero-order valence-corrected chi connectivity index (χ0v) is 11.5. The van der Waals surface area contributed by atoms with E-state index in [1.165, 1.54) is 0 Å². The highest BCUT2D eigenvalue weighted by Gasteiger charge is 2.33. The van der Waals surface area contributed by atoms with E-state index < -0.39 is 23.8 Å². The standard InChI is InChI=1S/C14H14F3N3O2/c15-14(16,17)11-6-3-9(7-18)12(20-11)19-10-4-1-8(2-5-10)13(21)22/h3,6,8,10H,1-2,4-5H2,(H,19,20)(H,21,22). The van der Waals surface area contributed by atoms with Gasteiger partial charge in [0.25, 0.3) is 0 Å². The van der Waals surface area contributed by atoms with Crippen molar-refractivity contribution < 1.29 is 23.1 Å². The molecule has 1 aromatic rings. The molecule has 1 aliphatic carbocycles. The van der Waals surface area contributed by atoms with Gasteiger partial charge in [0.15, 0.2) is 0 Å². The lowest BCUT2D eigenvalue weighted by Gasteiger charge is -2.27. The summed E-state index contributed by atoms with van der Waals surface area (Å²) < 4.78 is 38.1. The Hall–Kier alpha value is -2.30. The van der Waals surface area contributed by atoms with Gasteiger partial charge in [0.2, 0.25) is 0 Å². The number of hydrogen-bond acceptors (Lipinski definition) is 4. The number of aromatic nitrogens is 1. The molecule has 1 aliphatic rings. The Morgan fingerprint density at radius 2 is 1.95 bits per heavy atom. The SMILES string of the molecule is N#Cc1ccc(C(F)(F)F)nc1NC1CCC(C(=O)O)CC1. The molecule has 1 fully saturated rings. The van der Waals surface area contributed by atoms with Crippen LogP contribution in [0.5, 0.6) is 0 Å². The van der Waals surface area contributed by atoms with E-state index in [9.17, 15) is 18.0 Å². The summed E-state index contributed by atoms with van der Waals surface area (Å²) in [5.74, 6) is -1.37. The fourth-order valence-electron chi connectivity index (χ4n) is 2.50. The number of carboxylic acid groups (broad SMARTS) is 1. The fraction of sp³-hybridized carbons (Fsp3) is 0.500. The smallest absolute Gasteiger partial charge is 0.433 e. The van der Waals surface area contributed by atoms with E-state index in [1.54, 1.807) is 6.07 Å². The normalized spacial score (nSPS) is 21.9. The van der Waals surface area contributed by atoms with Crippen LogP contribution in [0.2, 0.25) is 0 Å². The van der Waals surface area contributed by atoms with Crippen LogP contribution in [0.15, 0.2) is 12.1 Å². The van der Waals surface area contributed by atoms with Gasteiger partial charge in [-0.25, -0.2) is 4.98 Å². The molecule has 0 amide bonds. The summed E-state index contributed by atoms with van der Waals surface area (Å²) in [6.45, 7) is 0. The first kappa shape index (κ1) is 16.1. The Bertz CT molecular complexity index is 602. The molecule has 1 aromatic heterocycles. The van der Waals surface area contributed by atoms with Crippen LogP contribution >= 0.6 is 0 Å².